The molecule has 7 heteroatoms. The van der Waals surface area contributed by atoms with Gasteiger partial charge in [0.15, 0.2) is 5.75 Å². The maximum absolute atomic E-state index is 11.3. The van der Waals surface area contributed by atoms with E-state index in [9.17, 15) is 9.59 Å². The average Bonchev–Trinajstić information content (AvgIpc) is 2.25. The van der Waals surface area contributed by atoms with Crippen LogP contribution < -0.4 is 10.6 Å². The third kappa shape index (κ3) is 2.65. The van der Waals surface area contributed by atoms with Gasteiger partial charge in [0, 0.05) is 13.1 Å². The monoisotopic (exact) mass is 270 g/mol. The number of carbonyl (C=O) groups is 2. The molecule has 1 aromatic rings. The van der Waals surface area contributed by atoms with E-state index in [2.05, 4.69) is 4.89 Å². The lowest BCUT2D eigenvalue weighted by Gasteiger charge is -2.28. The maximum atomic E-state index is 11.3. The van der Waals surface area contributed by atoms with Gasteiger partial charge in [-0.15, -0.1) is 0 Å². The van der Waals surface area contributed by atoms with Crippen LogP contribution in [-0.2, 0) is 4.89 Å². The first-order valence-corrected chi connectivity index (χ1v) is 5.68. The summed E-state index contributed by atoms with van der Waals surface area (Å²) in [6, 6.07) is 4.22. The summed E-state index contributed by atoms with van der Waals surface area (Å²) in [4.78, 5) is 33.3. The molecule has 1 aromatic carbocycles. The summed E-state index contributed by atoms with van der Waals surface area (Å²) >= 11 is 5.76. The molecule has 0 unspecified atom stereocenters. The minimum Gasteiger partial charge on any atom is -0.366 e. The number of hydrogen-bond acceptors (Lipinski definition) is 4. The molecule has 0 aromatic heterocycles. The zero-order valence-electron chi connectivity index (χ0n) is 9.39. The number of nitrogens with zero attached hydrogens (tertiary/aromatic N) is 1. The van der Waals surface area contributed by atoms with Crippen molar-refractivity contribution in [3.05, 3.63) is 28.8 Å². The molecule has 18 heavy (non-hydrogen) atoms. The molecule has 1 heterocycles. The number of amides is 2. The summed E-state index contributed by atoms with van der Waals surface area (Å²) in [6.45, 7) is 1.32. The zero-order valence-corrected chi connectivity index (χ0v) is 10.1. The highest BCUT2D eigenvalue weighted by atomic mass is 35.5. The molecule has 0 aliphatic carbocycles. The van der Waals surface area contributed by atoms with Crippen molar-refractivity contribution in [2.75, 3.05) is 13.1 Å². The molecule has 0 radical (unpaired) electrons. The van der Waals surface area contributed by atoms with Crippen molar-refractivity contribution in [2.24, 2.45) is 5.73 Å². The Kier molecular flexibility index (Phi) is 3.57. The van der Waals surface area contributed by atoms with E-state index >= 15 is 0 Å². The summed E-state index contributed by atoms with van der Waals surface area (Å²) in [5.41, 5.74) is 5.23. The molecule has 6 nitrogen and oxygen atoms in total. The number of halogens is 1. The smallest absolute Gasteiger partial charge is 0.366 e. The molecule has 96 valence electrons. The number of benzene rings is 1. The normalized spacial score (nSPS) is 13.7. The molecule has 0 spiro atoms. The Labute approximate surface area is 108 Å². The molecule has 1 fully saturated rings. The van der Waals surface area contributed by atoms with Gasteiger partial charge in [-0.05, 0) is 24.6 Å². The van der Waals surface area contributed by atoms with Crippen LogP contribution >= 0.6 is 11.6 Å². The molecule has 1 aliphatic heterocycles. The second-order valence-corrected chi connectivity index (χ2v) is 4.19. The fraction of sp³-hybridized carbons (Fsp3) is 0.273. The first kappa shape index (κ1) is 12.5. The Balaban J connectivity index is 1.98. The van der Waals surface area contributed by atoms with Gasteiger partial charge in [-0.3, -0.25) is 9.68 Å². The van der Waals surface area contributed by atoms with Crippen molar-refractivity contribution in [1.29, 1.82) is 0 Å². The molecule has 0 atom stereocenters. The second kappa shape index (κ2) is 5.14. The van der Waals surface area contributed by atoms with Crippen LogP contribution in [0.5, 0.6) is 5.75 Å². The third-order valence-electron chi connectivity index (χ3n) is 2.53. The summed E-state index contributed by atoms with van der Waals surface area (Å²) in [7, 11) is 0. The minimum atomic E-state index is -0.681. The zero-order chi connectivity index (χ0) is 13.1. The Bertz CT molecular complexity index is 488. The number of nitrogens with two attached hydrogens (primary N) is 1. The van der Waals surface area contributed by atoms with Crippen molar-refractivity contribution < 1.29 is 19.4 Å². The highest BCUT2D eigenvalue weighted by Crippen LogP contribution is 2.22. The van der Waals surface area contributed by atoms with Crippen molar-refractivity contribution in [2.45, 2.75) is 6.42 Å². The maximum Gasteiger partial charge on any atom is 0.452 e. The van der Waals surface area contributed by atoms with Crippen molar-refractivity contribution in [3.63, 3.8) is 0 Å². The van der Waals surface area contributed by atoms with Gasteiger partial charge in [-0.1, -0.05) is 11.6 Å². The van der Waals surface area contributed by atoms with E-state index in [-0.39, 0.29) is 16.3 Å². The van der Waals surface area contributed by atoms with Crippen LogP contribution in [0, 0.1) is 0 Å². The van der Waals surface area contributed by atoms with Crippen LogP contribution in [0.15, 0.2) is 18.2 Å². The lowest BCUT2D eigenvalue weighted by atomic mass is 10.2. The molecule has 0 bridgehead atoms. The van der Waals surface area contributed by atoms with E-state index in [0.717, 1.165) is 6.42 Å². The molecule has 2 amide bonds. The highest BCUT2D eigenvalue weighted by molar-refractivity contribution is 6.33. The number of primary amides is 1. The lowest BCUT2D eigenvalue weighted by molar-refractivity contribution is -0.157. The van der Waals surface area contributed by atoms with Crippen molar-refractivity contribution in [1.82, 2.24) is 4.90 Å². The molecule has 1 saturated heterocycles. The SMILES string of the molecule is NC(=O)c1cc(OOC(=O)N2CCC2)ccc1Cl. The standard InChI is InChI=1S/C11H11ClN2O4/c12-9-3-2-7(6-8(9)10(13)15)17-18-11(16)14-4-1-5-14/h2-3,6H,1,4-5H2,(H2,13,15). The molecule has 1 aliphatic rings. The van der Waals surface area contributed by atoms with Crippen LogP contribution in [0.4, 0.5) is 4.79 Å². The van der Waals surface area contributed by atoms with E-state index in [4.69, 9.17) is 22.2 Å². The van der Waals surface area contributed by atoms with Gasteiger partial charge in [-0.2, -0.15) is 0 Å². The first-order chi connectivity index (χ1) is 8.58. The molecule has 2 rings (SSSR count). The van der Waals surface area contributed by atoms with Gasteiger partial charge in [-0.25, -0.2) is 9.68 Å². The van der Waals surface area contributed by atoms with Gasteiger partial charge in [0.1, 0.15) is 0 Å². The summed E-state index contributed by atoms with van der Waals surface area (Å²) < 4.78 is 0. The molecular formula is C11H11ClN2O4. The highest BCUT2D eigenvalue weighted by Gasteiger charge is 2.23. The van der Waals surface area contributed by atoms with Gasteiger partial charge >= 0.3 is 6.09 Å². The predicted molar refractivity (Wildman–Crippen MR) is 63.3 cm³/mol. The van der Waals surface area contributed by atoms with Gasteiger partial charge in [0.2, 0.25) is 5.91 Å². The van der Waals surface area contributed by atoms with Crippen LogP contribution in [0.1, 0.15) is 16.8 Å². The van der Waals surface area contributed by atoms with E-state index in [1.807, 2.05) is 0 Å². The lowest BCUT2D eigenvalue weighted by Crippen LogP contribution is -2.42. The fourth-order valence-electron chi connectivity index (χ4n) is 1.38. The number of carbonyl (C=O) groups excluding carboxylic acids is 2. The second-order valence-electron chi connectivity index (χ2n) is 3.78. The van der Waals surface area contributed by atoms with Crippen molar-refractivity contribution >= 4 is 23.6 Å². The quantitative estimate of drug-likeness (QED) is 0.668. The molecule has 2 N–H and O–H groups in total. The van der Waals surface area contributed by atoms with Crippen LogP contribution in [0.25, 0.3) is 0 Å². The summed E-state index contributed by atoms with van der Waals surface area (Å²) in [5, 5.41) is 0.212. The van der Waals surface area contributed by atoms with E-state index in [1.165, 1.54) is 23.1 Å². The first-order valence-electron chi connectivity index (χ1n) is 5.30. The number of rotatable bonds is 3. The third-order valence-corrected chi connectivity index (χ3v) is 2.86. The van der Waals surface area contributed by atoms with E-state index in [1.54, 1.807) is 0 Å². The van der Waals surface area contributed by atoms with Gasteiger partial charge in [0.05, 0.1) is 10.6 Å². The average molecular weight is 271 g/mol. The minimum absolute atomic E-state index is 0.106. The van der Waals surface area contributed by atoms with Crippen LogP contribution in [0.3, 0.4) is 0 Å². The number of likely N-dealkylation sites (tertiary alicyclic amines) is 1. The fourth-order valence-corrected chi connectivity index (χ4v) is 1.59. The Morgan fingerprint density at radius 1 is 1.33 bits per heavy atom. The molecular weight excluding hydrogens is 260 g/mol. The Morgan fingerprint density at radius 2 is 2.06 bits per heavy atom. The Hall–Kier alpha value is -1.95. The predicted octanol–water partition coefficient (Wildman–Crippen LogP) is 1.57. The number of hydrogen-bond donors (Lipinski definition) is 1. The van der Waals surface area contributed by atoms with Crippen LogP contribution in [0.2, 0.25) is 5.02 Å². The largest absolute Gasteiger partial charge is 0.452 e. The summed E-state index contributed by atoms with van der Waals surface area (Å²) in [6.07, 6.45) is 0.402. The van der Waals surface area contributed by atoms with Gasteiger partial charge in [0.25, 0.3) is 0 Å². The summed E-state index contributed by atoms with van der Waals surface area (Å²) in [5.74, 6) is -0.499. The van der Waals surface area contributed by atoms with Crippen molar-refractivity contribution in [3.8, 4) is 5.75 Å². The topological polar surface area (TPSA) is 81.9 Å². The van der Waals surface area contributed by atoms with E-state index in [0.29, 0.717) is 13.1 Å². The Morgan fingerprint density at radius 3 is 2.61 bits per heavy atom. The van der Waals surface area contributed by atoms with E-state index < -0.39 is 12.0 Å². The van der Waals surface area contributed by atoms with Crippen LogP contribution in [-0.4, -0.2) is 30.0 Å². The molecule has 0 saturated carbocycles. The van der Waals surface area contributed by atoms with Gasteiger partial charge < -0.3 is 10.6 Å².